The van der Waals surface area contributed by atoms with Gasteiger partial charge in [0.2, 0.25) is 0 Å². The smallest absolute Gasteiger partial charge is 0.160 e. The van der Waals surface area contributed by atoms with Crippen LogP contribution in [0.5, 0.6) is 11.5 Å². The number of aromatic hydroxyl groups is 1. The Morgan fingerprint density at radius 1 is 0.889 bits per heavy atom. The van der Waals surface area contributed by atoms with Crippen molar-refractivity contribution < 1.29 is 20.1 Å². The number of aliphatic hydroxyl groups is 2. The van der Waals surface area contributed by atoms with Crippen LogP contribution in [0.1, 0.15) is 90.5 Å². The van der Waals surface area contributed by atoms with E-state index < -0.39 is 12.2 Å². The van der Waals surface area contributed by atoms with Gasteiger partial charge >= 0.3 is 0 Å². The molecular weight excluding hydrogens is 340 g/mol. The van der Waals surface area contributed by atoms with Crippen molar-refractivity contribution in [2.45, 2.75) is 104 Å². The fourth-order valence-corrected chi connectivity index (χ4v) is 3.10. The zero-order chi connectivity index (χ0) is 20.5. The van der Waals surface area contributed by atoms with Gasteiger partial charge in [-0.25, -0.2) is 0 Å². The Balaban J connectivity index is 0.00000326. The summed E-state index contributed by atoms with van der Waals surface area (Å²) in [7, 11) is 1.52. The first kappa shape index (κ1) is 25.7. The number of ether oxygens (including phenoxy) is 1. The van der Waals surface area contributed by atoms with Gasteiger partial charge in [0, 0.05) is 0 Å². The van der Waals surface area contributed by atoms with Crippen LogP contribution in [0.25, 0.3) is 0 Å². The Bertz CT molecular complexity index is 462. The van der Waals surface area contributed by atoms with E-state index in [4.69, 9.17) is 4.74 Å². The van der Waals surface area contributed by atoms with Crippen molar-refractivity contribution in [3.63, 3.8) is 0 Å². The first-order chi connectivity index (χ1) is 13.1. The molecule has 0 saturated carbocycles. The number of phenolic OH excluding ortho intramolecular Hbond substituents is 1. The number of methoxy groups -OCH3 is 1. The molecule has 3 N–H and O–H groups in total. The SMILES string of the molecule is CC.CCCCCCCCCC(O)CC(O)CCc1ccc(O)c(OC)c1. The standard InChI is InChI=1S/C21H36O4.C2H6/c1-3-4-5-6-7-8-9-10-18(22)16-19(23)13-11-17-12-14-20(24)21(15-17)25-2;1-2/h12,14-15,18-19,22-24H,3-11,13,16H2,1-2H3;1-2H3. The van der Waals surface area contributed by atoms with Crippen molar-refractivity contribution >= 4 is 0 Å². The van der Waals surface area contributed by atoms with Crippen molar-refractivity contribution in [2.24, 2.45) is 0 Å². The van der Waals surface area contributed by atoms with Gasteiger partial charge in [0.05, 0.1) is 19.3 Å². The van der Waals surface area contributed by atoms with Crippen LogP contribution < -0.4 is 4.74 Å². The predicted octanol–water partition coefficient (Wildman–Crippen LogP) is 5.61. The van der Waals surface area contributed by atoms with E-state index in [0.29, 0.717) is 25.0 Å². The second-order valence-corrected chi connectivity index (χ2v) is 7.00. The third-order valence-corrected chi connectivity index (χ3v) is 4.70. The van der Waals surface area contributed by atoms with E-state index in [1.807, 2.05) is 19.9 Å². The van der Waals surface area contributed by atoms with Crippen LogP contribution in [0, 0.1) is 0 Å². The van der Waals surface area contributed by atoms with Gasteiger partial charge in [0.25, 0.3) is 0 Å². The lowest BCUT2D eigenvalue weighted by Gasteiger charge is -2.16. The molecule has 4 nitrogen and oxygen atoms in total. The lowest BCUT2D eigenvalue weighted by molar-refractivity contribution is 0.0697. The Morgan fingerprint density at radius 2 is 1.48 bits per heavy atom. The Labute approximate surface area is 166 Å². The Kier molecular flexibility index (Phi) is 16.1. The predicted molar refractivity (Wildman–Crippen MR) is 114 cm³/mol. The molecule has 0 aliphatic carbocycles. The van der Waals surface area contributed by atoms with Crippen LogP contribution in [-0.4, -0.2) is 34.6 Å². The molecule has 0 amide bonds. The highest BCUT2D eigenvalue weighted by atomic mass is 16.5. The molecule has 0 spiro atoms. The zero-order valence-electron chi connectivity index (χ0n) is 17.9. The minimum atomic E-state index is -0.501. The molecular formula is C23H42O4. The maximum Gasteiger partial charge on any atom is 0.160 e. The molecule has 1 aromatic rings. The summed E-state index contributed by atoms with van der Waals surface area (Å²) >= 11 is 0. The van der Waals surface area contributed by atoms with Crippen LogP contribution in [0.2, 0.25) is 0 Å². The molecule has 0 bridgehead atoms. The number of aryl methyl sites for hydroxylation is 1. The van der Waals surface area contributed by atoms with E-state index in [1.165, 1.54) is 45.6 Å². The van der Waals surface area contributed by atoms with Gasteiger partial charge in [0.15, 0.2) is 11.5 Å². The number of benzene rings is 1. The van der Waals surface area contributed by atoms with E-state index in [1.54, 1.807) is 12.1 Å². The maximum absolute atomic E-state index is 10.1. The van der Waals surface area contributed by atoms with Gasteiger partial charge in [0.1, 0.15) is 0 Å². The first-order valence-electron chi connectivity index (χ1n) is 10.8. The monoisotopic (exact) mass is 382 g/mol. The van der Waals surface area contributed by atoms with Gasteiger partial charge in [-0.2, -0.15) is 0 Å². The van der Waals surface area contributed by atoms with E-state index in [0.717, 1.165) is 18.4 Å². The summed E-state index contributed by atoms with van der Waals surface area (Å²) in [6.07, 6.45) is 10.3. The quantitative estimate of drug-likeness (QED) is 0.366. The lowest BCUT2D eigenvalue weighted by atomic mass is 9.99. The molecule has 0 aliphatic heterocycles. The molecule has 0 aliphatic rings. The molecule has 2 atom stereocenters. The fourth-order valence-electron chi connectivity index (χ4n) is 3.10. The summed E-state index contributed by atoms with van der Waals surface area (Å²) in [5, 5.41) is 29.8. The second-order valence-electron chi connectivity index (χ2n) is 7.00. The van der Waals surface area contributed by atoms with Crippen molar-refractivity contribution in [3.05, 3.63) is 23.8 Å². The second kappa shape index (κ2) is 16.9. The minimum Gasteiger partial charge on any atom is -0.504 e. The molecule has 0 fully saturated rings. The van der Waals surface area contributed by atoms with Crippen LogP contribution in [0.4, 0.5) is 0 Å². The third kappa shape index (κ3) is 12.7. The zero-order valence-corrected chi connectivity index (χ0v) is 17.9. The number of unbranched alkanes of at least 4 members (excludes halogenated alkanes) is 6. The van der Waals surface area contributed by atoms with E-state index in [-0.39, 0.29) is 5.75 Å². The van der Waals surface area contributed by atoms with Crippen LogP contribution in [0.3, 0.4) is 0 Å². The topological polar surface area (TPSA) is 69.9 Å². The van der Waals surface area contributed by atoms with E-state index >= 15 is 0 Å². The van der Waals surface area contributed by atoms with Gasteiger partial charge in [-0.05, 0) is 43.4 Å². The van der Waals surface area contributed by atoms with Crippen LogP contribution in [-0.2, 0) is 6.42 Å². The average molecular weight is 383 g/mol. The van der Waals surface area contributed by atoms with Crippen molar-refractivity contribution in [1.82, 2.24) is 0 Å². The highest BCUT2D eigenvalue weighted by Gasteiger charge is 2.12. The summed E-state index contributed by atoms with van der Waals surface area (Å²) in [4.78, 5) is 0. The van der Waals surface area contributed by atoms with Gasteiger partial charge in [-0.3, -0.25) is 0 Å². The highest BCUT2D eigenvalue weighted by molar-refractivity contribution is 5.41. The summed E-state index contributed by atoms with van der Waals surface area (Å²) in [6, 6.07) is 5.23. The third-order valence-electron chi connectivity index (χ3n) is 4.70. The Hall–Kier alpha value is -1.26. The van der Waals surface area contributed by atoms with E-state index in [9.17, 15) is 15.3 Å². The van der Waals surface area contributed by atoms with Crippen LogP contribution in [0.15, 0.2) is 18.2 Å². The van der Waals surface area contributed by atoms with Crippen molar-refractivity contribution in [3.8, 4) is 11.5 Å². The number of aliphatic hydroxyl groups excluding tert-OH is 2. The molecule has 158 valence electrons. The number of hydrogen-bond donors (Lipinski definition) is 3. The van der Waals surface area contributed by atoms with Gasteiger partial charge in [-0.15, -0.1) is 0 Å². The molecule has 0 saturated heterocycles. The fraction of sp³-hybridized carbons (Fsp3) is 0.739. The first-order valence-corrected chi connectivity index (χ1v) is 10.8. The van der Waals surface area contributed by atoms with Crippen molar-refractivity contribution in [1.29, 1.82) is 0 Å². The number of hydrogen-bond acceptors (Lipinski definition) is 4. The molecule has 2 unspecified atom stereocenters. The largest absolute Gasteiger partial charge is 0.504 e. The molecule has 0 heterocycles. The van der Waals surface area contributed by atoms with Gasteiger partial charge < -0.3 is 20.1 Å². The molecule has 0 radical (unpaired) electrons. The van der Waals surface area contributed by atoms with Gasteiger partial charge in [-0.1, -0.05) is 71.8 Å². The van der Waals surface area contributed by atoms with Crippen LogP contribution >= 0.6 is 0 Å². The minimum absolute atomic E-state index is 0.122. The Morgan fingerprint density at radius 3 is 2.11 bits per heavy atom. The summed E-state index contributed by atoms with van der Waals surface area (Å²) in [5.74, 6) is 0.572. The summed E-state index contributed by atoms with van der Waals surface area (Å²) in [6.45, 7) is 6.22. The number of phenols is 1. The normalized spacial score (nSPS) is 12.8. The molecule has 1 rings (SSSR count). The highest BCUT2D eigenvalue weighted by Crippen LogP contribution is 2.27. The molecule has 0 aromatic heterocycles. The summed E-state index contributed by atoms with van der Waals surface area (Å²) in [5.41, 5.74) is 1.01. The van der Waals surface area contributed by atoms with Crippen molar-refractivity contribution in [2.75, 3.05) is 7.11 Å². The summed E-state index contributed by atoms with van der Waals surface area (Å²) < 4.78 is 5.09. The lowest BCUT2D eigenvalue weighted by Crippen LogP contribution is -2.18. The molecule has 4 heteroatoms. The van der Waals surface area contributed by atoms with E-state index in [2.05, 4.69) is 6.92 Å². The molecule has 1 aromatic carbocycles. The molecule has 27 heavy (non-hydrogen) atoms. The average Bonchev–Trinajstić information content (AvgIpc) is 2.68. The maximum atomic E-state index is 10.1. The number of rotatable bonds is 14.